The lowest BCUT2D eigenvalue weighted by Crippen LogP contribution is -2.30. The molecule has 0 spiro atoms. The molecule has 0 aromatic rings. The van der Waals surface area contributed by atoms with Gasteiger partial charge in [0.05, 0.1) is 6.42 Å². The largest absolute Gasteiger partial charge is 0.462 e. The van der Waals surface area contributed by atoms with Crippen LogP contribution in [0.3, 0.4) is 0 Å². The number of rotatable bonds is 36. The van der Waals surface area contributed by atoms with Crippen LogP contribution in [0.4, 0.5) is 0 Å². The second-order valence-corrected chi connectivity index (χ2v) is 13.5. The maximum absolute atomic E-state index is 12.6. The minimum Gasteiger partial charge on any atom is -0.462 e. The zero-order valence-corrected chi connectivity index (χ0v) is 33.1. The third-order valence-corrected chi connectivity index (χ3v) is 8.55. The van der Waals surface area contributed by atoms with Crippen molar-refractivity contribution in [3.63, 3.8) is 0 Å². The fourth-order valence-corrected chi connectivity index (χ4v) is 5.44. The lowest BCUT2D eigenvalue weighted by atomic mass is 10.1. The first-order valence-corrected chi connectivity index (χ1v) is 20.8. The Hall–Kier alpha value is -2.89. The molecule has 0 N–H and O–H groups in total. The molecule has 292 valence electrons. The van der Waals surface area contributed by atoms with Crippen molar-refractivity contribution < 1.29 is 28.6 Å². The van der Waals surface area contributed by atoms with Gasteiger partial charge in [0.1, 0.15) is 13.2 Å². The summed E-state index contributed by atoms with van der Waals surface area (Å²) >= 11 is 0. The van der Waals surface area contributed by atoms with Crippen LogP contribution in [0.1, 0.15) is 188 Å². The van der Waals surface area contributed by atoms with Gasteiger partial charge in [-0.25, -0.2) is 0 Å². The summed E-state index contributed by atoms with van der Waals surface area (Å²) in [6.45, 7) is 6.32. The van der Waals surface area contributed by atoms with E-state index in [1.54, 1.807) is 6.08 Å². The third-order valence-electron chi connectivity index (χ3n) is 8.55. The second-order valence-electron chi connectivity index (χ2n) is 13.5. The maximum atomic E-state index is 12.6. The van der Waals surface area contributed by atoms with Gasteiger partial charge in [0, 0.05) is 12.8 Å². The molecular weight excluding hydrogens is 636 g/mol. The van der Waals surface area contributed by atoms with Crippen LogP contribution in [0, 0.1) is 0 Å². The van der Waals surface area contributed by atoms with Crippen molar-refractivity contribution in [3.05, 3.63) is 60.8 Å². The molecule has 0 aliphatic rings. The van der Waals surface area contributed by atoms with Gasteiger partial charge in [0.15, 0.2) is 6.10 Å². The van der Waals surface area contributed by atoms with Gasteiger partial charge in [-0.05, 0) is 51.4 Å². The highest BCUT2D eigenvalue weighted by molar-refractivity contribution is 5.72. The van der Waals surface area contributed by atoms with Crippen molar-refractivity contribution in [1.29, 1.82) is 0 Å². The third kappa shape index (κ3) is 38.2. The van der Waals surface area contributed by atoms with E-state index in [1.807, 2.05) is 12.2 Å². The molecule has 0 bridgehead atoms. The van der Waals surface area contributed by atoms with Crippen molar-refractivity contribution in [2.75, 3.05) is 13.2 Å². The van der Waals surface area contributed by atoms with Crippen molar-refractivity contribution in [3.8, 4) is 0 Å². The Bertz CT molecular complexity index is 960. The second kappa shape index (κ2) is 39.9. The van der Waals surface area contributed by atoms with Crippen molar-refractivity contribution in [1.82, 2.24) is 0 Å². The summed E-state index contributed by atoms with van der Waals surface area (Å²) in [5.41, 5.74) is 0. The van der Waals surface area contributed by atoms with Crippen LogP contribution in [-0.4, -0.2) is 37.2 Å². The summed E-state index contributed by atoms with van der Waals surface area (Å²) in [5, 5.41) is 0. The number of ether oxygens (including phenoxy) is 3. The summed E-state index contributed by atoms with van der Waals surface area (Å²) in [5.74, 6) is -1.13. The molecule has 6 nitrogen and oxygen atoms in total. The first kappa shape index (κ1) is 48.1. The summed E-state index contributed by atoms with van der Waals surface area (Å²) < 4.78 is 16.4. The molecule has 0 heterocycles. The number of allylic oxidation sites excluding steroid dienone is 9. The van der Waals surface area contributed by atoms with Gasteiger partial charge >= 0.3 is 17.9 Å². The van der Waals surface area contributed by atoms with Crippen molar-refractivity contribution >= 4 is 17.9 Å². The fourth-order valence-electron chi connectivity index (χ4n) is 5.44. The van der Waals surface area contributed by atoms with E-state index in [0.29, 0.717) is 12.8 Å². The molecule has 0 aliphatic carbocycles. The molecule has 0 rings (SSSR count). The van der Waals surface area contributed by atoms with Gasteiger partial charge in [0.25, 0.3) is 0 Å². The molecule has 0 aliphatic heterocycles. The van der Waals surface area contributed by atoms with Crippen LogP contribution in [0.2, 0.25) is 0 Å². The lowest BCUT2D eigenvalue weighted by molar-refractivity contribution is -0.166. The van der Waals surface area contributed by atoms with E-state index in [1.165, 1.54) is 89.9 Å². The molecule has 0 aromatic carbocycles. The van der Waals surface area contributed by atoms with Gasteiger partial charge < -0.3 is 14.2 Å². The zero-order valence-electron chi connectivity index (χ0n) is 33.1. The average molecular weight is 713 g/mol. The minimum atomic E-state index is -0.825. The van der Waals surface area contributed by atoms with E-state index >= 15 is 0 Å². The first-order chi connectivity index (χ1) is 25.0. The molecule has 1 unspecified atom stereocenters. The van der Waals surface area contributed by atoms with Gasteiger partial charge in [-0.2, -0.15) is 0 Å². The van der Waals surface area contributed by atoms with E-state index in [0.717, 1.165) is 51.4 Å². The predicted octanol–water partition coefficient (Wildman–Crippen LogP) is 13.0. The fraction of sp³-hybridized carbons (Fsp3) is 0.711. The van der Waals surface area contributed by atoms with E-state index in [2.05, 4.69) is 63.3 Å². The number of carbonyl (C=O) groups excluding carboxylic acids is 3. The van der Waals surface area contributed by atoms with E-state index in [9.17, 15) is 14.4 Å². The number of unbranched alkanes of at least 4 members (excludes halogenated alkanes) is 16. The van der Waals surface area contributed by atoms with Gasteiger partial charge in [-0.3, -0.25) is 14.4 Å². The molecule has 6 heteroatoms. The highest BCUT2D eigenvalue weighted by Gasteiger charge is 2.19. The molecule has 0 fully saturated rings. The van der Waals surface area contributed by atoms with Gasteiger partial charge in [0.2, 0.25) is 0 Å². The molecule has 0 aromatic heterocycles. The summed E-state index contributed by atoms with van der Waals surface area (Å²) in [7, 11) is 0. The van der Waals surface area contributed by atoms with Gasteiger partial charge in [-0.15, -0.1) is 0 Å². The SMILES string of the molecule is CC/C=C\C/C=C\C/C=C\CC(=O)OCC(COC(=O)CC/C=C\C/C=C\CCCCCCCC)OC(=O)CCCCCCCCCCCCC. The topological polar surface area (TPSA) is 78.9 Å². The Morgan fingerprint density at radius 3 is 1.45 bits per heavy atom. The quantitative estimate of drug-likeness (QED) is 0.0278. The smallest absolute Gasteiger partial charge is 0.309 e. The number of carbonyl (C=O) groups is 3. The van der Waals surface area contributed by atoms with Crippen molar-refractivity contribution in [2.45, 2.75) is 194 Å². The number of hydrogen-bond acceptors (Lipinski definition) is 6. The monoisotopic (exact) mass is 713 g/mol. The Labute approximate surface area is 313 Å². The molecule has 0 saturated carbocycles. The Morgan fingerprint density at radius 1 is 0.431 bits per heavy atom. The normalized spacial score (nSPS) is 12.6. The Balaban J connectivity index is 4.52. The Morgan fingerprint density at radius 2 is 0.882 bits per heavy atom. The summed E-state index contributed by atoms with van der Waals surface area (Å²) in [6, 6.07) is 0. The van der Waals surface area contributed by atoms with Crippen molar-refractivity contribution in [2.24, 2.45) is 0 Å². The molecule has 0 saturated heterocycles. The van der Waals surface area contributed by atoms with E-state index in [-0.39, 0.29) is 38.0 Å². The molecule has 1 atom stereocenters. The highest BCUT2D eigenvalue weighted by Crippen LogP contribution is 2.13. The standard InChI is InChI=1S/C45H76O6/c1-4-7-10-13-16-19-21-22-24-26-29-32-35-38-44(47)50-41-42(40-49-43(46)37-34-31-28-25-18-15-12-9-6-3)51-45(48)39-36-33-30-27-23-20-17-14-11-8-5-2/h9,12,18,22,24-25,29,31-32,34,42H,4-8,10-11,13-17,19-21,23,26-28,30,33,35-41H2,1-3H3/b12-9-,24-22-,25-18-,32-29-,34-31-. The van der Waals surface area contributed by atoms with Gasteiger partial charge in [-0.1, -0.05) is 178 Å². The molecule has 0 radical (unpaired) electrons. The van der Waals surface area contributed by atoms with E-state index in [4.69, 9.17) is 14.2 Å². The molecule has 51 heavy (non-hydrogen) atoms. The Kier molecular flexibility index (Phi) is 37.6. The first-order valence-electron chi connectivity index (χ1n) is 20.8. The highest BCUT2D eigenvalue weighted by atomic mass is 16.6. The molecular formula is C45H76O6. The summed E-state index contributed by atoms with van der Waals surface area (Å²) in [4.78, 5) is 37.4. The minimum absolute atomic E-state index is 0.128. The van der Waals surface area contributed by atoms with E-state index < -0.39 is 12.1 Å². The van der Waals surface area contributed by atoms with Crippen LogP contribution < -0.4 is 0 Å². The van der Waals surface area contributed by atoms with Crippen LogP contribution in [0.25, 0.3) is 0 Å². The lowest BCUT2D eigenvalue weighted by Gasteiger charge is -2.18. The molecule has 0 amide bonds. The summed E-state index contributed by atoms with van der Waals surface area (Å²) in [6.07, 6.45) is 46.8. The van der Waals surface area contributed by atoms with Crippen LogP contribution in [-0.2, 0) is 28.6 Å². The van der Waals surface area contributed by atoms with Crippen LogP contribution in [0.5, 0.6) is 0 Å². The zero-order chi connectivity index (χ0) is 37.3. The van der Waals surface area contributed by atoms with Crippen LogP contribution in [0.15, 0.2) is 60.8 Å². The number of hydrogen-bond donors (Lipinski definition) is 0. The predicted molar refractivity (Wildman–Crippen MR) is 215 cm³/mol. The number of esters is 3. The van der Waals surface area contributed by atoms with Crippen LogP contribution >= 0.6 is 0 Å². The average Bonchev–Trinajstić information content (AvgIpc) is 3.12. The maximum Gasteiger partial charge on any atom is 0.309 e.